The molecule has 2 aromatic heterocycles. The predicted octanol–water partition coefficient (Wildman–Crippen LogP) is 2.99. The van der Waals surface area contributed by atoms with E-state index in [4.69, 9.17) is 11.6 Å². The first-order chi connectivity index (χ1) is 11.6. The third-order valence-corrected chi connectivity index (χ3v) is 4.86. The number of imide groups is 1. The quantitative estimate of drug-likeness (QED) is 0.749. The fourth-order valence-electron chi connectivity index (χ4n) is 3.41. The Bertz CT molecular complexity index is 926. The molecule has 2 aliphatic rings. The van der Waals surface area contributed by atoms with E-state index in [0.717, 1.165) is 22.2 Å². The smallest absolute Gasteiger partial charge is 0.277 e. The highest BCUT2D eigenvalue weighted by atomic mass is 35.5. The van der Waals surface area contributed by atoms with Gasteiger partial charge in [-0.3, -0.25) is 19.5 Å². The molecule has 0 saturated heterocycles. The van der Waals surface area contributed by atoms with Crippen LogP contribution >= 0.6 is 11.6 Å². The van der Waals surface area contributed by atoms with Gasteiger partial charge in [-0.1, -0.05) is 18.2 Å². The second-order valence-corrected chi connectivity index (χ2v) is 6.55. The molecule has 0 spiro atoms. The molecule has 1 atom stereocenters. The third kappa shape index (κ3) is 2.19. The highest BCUT2D eigenvalue weighted by molar-refractivity contribution is 6.22. The van der Waals surface area contributed by atoms with E-state index >= 15 is 0 Å². The number of hydrogen-bond donors (Lipinski definition) is 0. The van der Waals surface area contributed by atoms with Crippen molar-refractivity contribution in [2.24, 2.45) is 0 Å². The van der Waals surface area contributed by atoms with Gasteiger partial charge in [-0.2, -0.15) is 0 Å². The van der Waals surface area contributed by atoms with Crippen LogP contribution in [0.15, 0.2) is 36.6 Å². The number of carbonyl (C=O) groups excluding carboxylic acids is 2. The van der Waals surface area contributed by atoms with Crippen LogP contribution in [0.4, 0.5) is 0 Å². The summed E-state index contributed by atoms with van der Waals surface area (Å²) in [6.07, 6.45) is 8.32. The van der Waals surface area contributed by atoms with Gasteiger partial charge >= 0.3 is 0 Å². The van der Waals surface area contributed by atoms with Gasteiger partial charge in [0.1, 0.15) is 5.69 Å². The van der Waals surface area contributed by atoms with Crippen molar-refractivity contribution < 1.29 is 9.59 Å². The molecule has 2 amide bonds. The lowest BCUT2D eigenvalue weighted by Gasteiger charge is -2.27. The molecule has 0 N–H and O–H groups in total. The van der Waals surface area contributed by atoms with Gasteiger partial charge in [0.2, 0.25) is 5.91 Å². The Hall–Kier alpha value is -2.40. The van der Waals surface area contributed by atoms with Gasteiger partial charge in [0.15, 0.2) is 0 Å². The van der Waals surface area contributed by atoms with Crippen molar-refractivity contribution in [2.75, 3.05) is 6.54 Å². The molecule has 6 heteroatoms. The highest BCUT2D eigenvalue weighted by Crippen LogP contribution is 2.35. The summed E-state index contributed by atoms with van der Waals surface area (Å²) < 4.78 is 1.97. The number of halogens is 1. The molecule has 0 radical (unpaired) electrons. The number of alkyl halides is 1. The minimum absolute atomic E-state index is 0.0316. The van der Waals surface area contributed by atoms with Gasteiger partial charge in [0.25, 0.3) is 5.91 Å². The number of aromatic nitrogens is 2. The fourth-order valence-corrected chi connectivity index (χ4v) is 3.57. The predicted molar refractivity (Wildman–Crippen MR) is 92.8 cm³/mol. The Morgan fingerprint density at radius 1 is 1.38 bits per heavy atom. The van der Waals surface area contributed by atoms with E-state index in [1.54, 1.807) is 6.20 Å². The Labute approximate surface area is 144 Å². The van der Waals surface area contributed by atoms with Gasteiger partial charge < -0.3 is 4.57 Å². The molecule has 0 saturated carbocycles. The number of hydrogen-bond acceptors (Lipinski definition) is 3. The number of fused-ring (bicyclic) bond motifs is 3. The number of amides is 2. The largest absolute Gasteiger partial charge is 0.333 e. The Balaban J connectivity index is 1.98. The van der Waals surface area contributed by atoms with Crippen LogP contribution in [0.3, 0.4) is 0 Å². The first kappa shape index (κ1) is 15.1. The number of allylic oxidation sites excluding steroid dienone is 4. The number of carbonyl (C=O) groups is 2. The maximum atomic E-state index is 12.9. The summed E-state index contributed by atoms with van der Waals surface area (Å²) in [6, 6.07) is 3.82. The van der Waals surface area contributed by atoms with Crippen molar-refractivity contribution in [3.8, 4) is 0 Å². The van der Waals surface area contributed by atoms with Crippen molar-refractivity contribution >= 4 is 40.0 Å². The summed E-state index contributed by atoms with van der Waals surface area (Å²) in [6.45, 7) is 2.39. The summed E-state index contributed by atoms with van der Waals surface area (Å²) in [5, 5.41) is -0.0316. The molecule has 0 fully saturated rings. The number of pyridine rings is 1. The summed E-state index contributed by atoms with van der Waals surface area (Å²) in [7, 11) is 0. The molecule has 2 aromatic rings. The van der Waals surface area contributed by atoms with Gasteiger partial charge in [-0.05, 0) is 24.1 Å². The van der Waals surface area contributed by atoms with Crippen molar-refractivity contribution in [2.45, 2.75) is 25.3 Å². The molecule has 1 unspecified atom stereocenters. The lowest BCUT2D eigenvalue weighted by molar-refractivity contribution is -0.126. The third-order valence-electron chi connectivity index (χ3n) is 4.53. The average Bonchev–Trinajstić information content (AvgIpc) is 2.91. The van der Waals surface area contributed by atoms with Crippen LogP contribution in [-0.2, 0) is 11.3 Å². The topological polar surface area (TPSA) is 55.2 Å². The van der Waals surface area contributed by atoms with Crippen molar-refractivity contribution in [3.05, 3.63) is 47.8 Å². The molecule has 3 heterocycles. The number of rotatable bonds is 1. The molecule has 1 aliphatic heterocycles. The van der Waals surface area contributed by atoms with Crippen LogP contribution in [0.25, 0.3) is 16.6 Å². The van der Waals surface area contributed by atoms with Crippen LogP contribution in [0.2, 0.25) is 0 Å². The standard InChI is InChI=1S/C18H16ClN3O2/c1-11(23)21-9-10-22-14-3-2-8-20-16(14)15(17(22)18(21)24)12-4-6-13(19)7-5-12/h2-6,8,13H,7,9-10H2,1H3. The lowest BCUT2D eigenvalue weighted by atomic mass is 9.97. The van der Waals surface area contributed by atoms with Crippen molar-refractivity contribution in [3.63, 3.8) is 0 Å². The van der Waals surface area contributed by atoms with Gasteiger partial charge in [-0.25, -0.2) is 0 Å². The van der Waals surface area contributed by atoms with Crippen molar-refractivity contribution in [1.29, 1.82) is 0 Å². The molecular weight excluding hydrogens is 326 g/mol. The van der Waals surface area contributed by atoms with E-state index in [1.165, 1.54) is 11.8 Å². The number of nitrogens with zero attached hydrogens (tertiary/aromatic N) is 3. The Kier molecular flexibility index (Phi) is 3.53. The van der Waals surface area contributed by atoms with E-state index in [2.05, 4.69) is 4.98 Å². The first-order valence-corrected chi connectivity index (χ1v) is 8.34. The molecular formula is C18H16ClN3O2. The van der Waals surface area contributed by atoms with E-state index in [0.29, 0.717) is 25.2 Å². The molecule has 0 aromatic carbocycles. The molecule has 24 heavy (non-hydrogen) atoms. The van der Waals surface area contributed by atoms with Crippen LogP contribution < -0.4 is 0 Å². The van der Waals surface area contributed by atoms with Crippen LogP contribution in [-0.4, -0.2) is 38.2 Å². The summed E-state index contributed by atoms with van der Waals surface area (Å²) in [5.41, 5.74) is 3.97. The summed E-state index contributed by atoms with van der Waals surface area (Å²) in [4.78, 5) is 30.5. The Morgan fingerprint density at radius 2 is 2.21 bits per heavy atom. The molecule has 5 nitrogen and oxygen atoms in total. The molecule has 0 bridgehead atoms. The zero-order chi connectivity index (χ0) is 16.8. The SMILES string of the molecule is CC(=O)N1CCn2c(c(C3=CCC(Cl)C=C3)c3ncccc32)C1=O. The highest BCUT2D eigenvalue weighted by Gasteiger charge is 2.33. The van der Waals surface area contributed by atoms with E-state index in [9.17, 15) is 9.59 Å². The van der Waals surface area contributed by atoms with Gasteiger partial charge in [0, 0.05) is 31.8 Å². The first-order valence-electron chi connectivity index (χ1n) is 7.90. The van der Waals surface area contributed by atoms with E-state index in [-0.39, 0.29) is 17.2 Å². The second-order valence-electron chi connectivity index (χ2n) is 5.99. The minimum atomic E-state index is -0.260. The lowest BCUT2D eigenvalue weighted by Crippen LogP contribution is -2.43. The molecule has 4 rings (SSSR count). The zero-order valence-electron chi connectivity index (χ0n) is 13.2. The monoisotopic (exact) mass is 341 g/mol. The fraction of sp³-hybridized carbons (Fsp3) is 0.278. The summed E-state index contributed by atoms with van der Waals surface area (Å²) >= 11 is 6.13. The van der Waals surface area contributed by atoms with Gasteiger partial charge in [0.05, 0.1) is 16.4 Å². The maximum Gasteiger partial charge on any atom is 0.277 e. The Morgan fingerprint density at radius 3 is 2.92 bits per heavy atom. The van der Waals surface area contributed by atoms with Crippen molar-refractivity contribution in [1.82, 2.24) is 14.5 Å². The minimum Gasteiger partial charge on any atom is -0.333 e. The van der Waals surface area contributed by atoms with Crippen LogP contribution in [0.1, 0.15) is 29.4 Å². The van der Waals surface area contributed by atoms with Crippen LogP contribution in [0, 0.1) is 0 Å². The second kappa shape index (κ2) is 5.60. The maximum absolute atomic E-state index is 12.9. The van der Waals surface area contributed by atoms with Crippen LogP contribution in [0.5, 0.6) is 0 Å². The summed E-state index contributed by atoms with van der Waals surface area (Å²) in [5.74, 6) is -0.492. The van der Waals surface area contributed by atoms with E-state index in [1.807, 2.05) is 34.9 Å². The van der Waals surface area contributed by atoms with Gasteiger partial charge in [-0.15, -0.1) is 11.6 Å². The van der Waals surface area contributed by atoms with E-state index < -0.39 is 0 Å². The average molecular weight is 342 g/mol. The molecule has 122 valence electrons. The normalized spacial score (nSPS) is 20.2. The zero-order valence-corrected chi connectivity index (χ0v) is 14.0. The molecule has 1 aliphatic carbocycles.